The molecule has 0 amide bonds. The number of rotatable bonds is 9. The second kappa shape index (κ2) is 10.5. The van der Waals surface area contributed by atoms with Crippen molar-refractivity contribution in [3.63, 3.8) is 0 Å². The number of allylic oxidation sites excluding steroid dienone is 3. The number of esters is 1. The summed E-state index contributed by atoms with van der Waals surface area (Å²) in [5.41, 5.74) is 3.77. The minimum atomic E-state index is -0.457. The normalized spacial score (nSPS) is 18.8. The summed E-state index contributed by atoms with van der Waals surface area (Å²) in [6, 6.07) is 7.76. The fourth-order valence-electron chi connectivity index (χ4n) is 4.13. The van der Waals surface area contributed by atoms with Gasteiger partial charge in [-0.25, -0.2) is 4.79 Å². The van der Waals surface area contributed by atoms with E-state index in [2.05, 4.69) is 19.2 Å². The van der Waals surface area contributed by atoms with Crippen LogP contribution < -0.4 is 10.1 Å². The van der Waals surface area contributed by atoms with E-state index in [9.17, 15) is 9.59 Å². The monoisotopic (exact) mass is 411 g/mol. The van der Waals surface area contributed by atoms with Crippen LogP contribution in [0.1, 0.15) is 77.2 Å². The largest absolute Gasteiger partial charge is 0.493 e. The second-order valence-electron chi connectivity index (χ2n) is 7.99. The highest BCUT2D eigenvalue weighted by molar-refractivity contribution is 6.04. The van der Waals surface area contributed by atoms with E-state index >= 15 is 0 Å². The molecule has 1 aliphatic carbocycles. The van der Waals surface area contributed by atoms with Crippen LogP contribution in [0.5, 0.6) is 5.75 Å². The summed E-state index contributed by atoms with van der Waals surface area (Å²) in [7, 11) is 0. The first kappa shape index (κ1) is 22.1. The molecule has 1 aromatic rings. The number of hydrogen-bond donors (Lipinski definition) is 1. The number of benzene rings is 1. The number of carbonyl (C=O) groups excluding carboxylic acids is 2. The van der Waals surface area contributed by atoms with Gasteiger partial charge in [0.1, 0.15) is 5.75 Å². The Morgan fingerprint density at radius 3 is 2.60 bits per heavy atom. The molecular formula is C25H33NO4. The molecule has 0 saturated heterocycles. The third-order valence-electron chi connectivity index (χ3n) is 5.71. The van der Waals surface area contributed by atoms with E-state index < -0.39 is 5.92 Å². The van der Waals surface area contributed by atoms with Gasteiger partial charge in [0, 0.05) is 29.0 Å². The quantitative estimate of drug-likeness (QED) is 0.448. The van der Waals surface area contributed by atoms with E-state index in [1.807, 2.05) is 31.2 Å². The standard InChI is InChI=1S/C25H33NO4/c1-4-6-15-29-21-14-9-8-11-18(21)23-22(25(28)30-16-7-5-2)17(3)26-19-12-10-13-20(27)24(19)23/h8-9,11,14,23,26H,4-7,10,12-13,15-16H2,1-3H3/t23-/m1/s1. The molecule has 1 N–H and O–H groups in total. The van der Waals surface area contributed by atoms with Crippen molar-refractivity contribution in [2.24, 2.45) is 0 Å². The summed E-state index contributed by atoms with van der Waals surface area (Å²) in [5, 5.41) is 3.34. The van der Waals surface area contributed by atoms with E-state index in [4.69, 9.17) is 9.47 Å². The van der Waals surface area contributed by atoms with E-state index in [1.54, 1.807) is 0 Å². The van der Waals surface area contributed by atoms with Crippen LogP contribution in [0.25, 0.3) is 0 Å². The van der Waals surface area contributed by atoms with Gasteiger partial charge in [0.2, 0.25) is 0 Å². The maximum atomic E-state index is 13.1. The van der Waals surface area contributed by atoms with Crippen LogP contribution in [0.4, 0.5) is 0 Å². The lowest BCUT2D eigenvalue weighted by Gasteiger charge is -2.34. The maximum Gasteiger partial charge on any atom is 0.336 e. The van der Waals surface area contributed by atoms with Gasteiger partial charge >= 0.3 is 5.97 Å². The first-order chi connectivity index (χ1) is 14.6. The molecule has 1 heterocycles. The number of unbranched alkanes of at least 4 members (excludes halogenated alkanes) is 2. The number of ether oxygens (including phenoxy) is 2. The number of Topliss-reactive ketones (excluding diaryl/α,β-unsaturated/α-hetero) is 1. The van der Waals surface area contributed by atoms with Gasteiger partial charge in [-0.05, 0) is 38.7 Å². The second-order valence-corrected chi connectivity index (χ2v) is 7.99. The van der Waals surface area contributed by atoms with Crippen molar-refractivity contribution in [3.8, 4) is 5.75 Å². The Kier molecular flexibility index (Phi) is 7.72. The van der Waals surface area contributed by atoms with E-state index in [0.717, 1.165) is 61.2 Å². The van der Waals surface area contributed by atoms with Crippen LogP contribution in [0.15, 0.2) is 46.8 Å². The summed E-state index contributed by atoms with van der Waals surface area (Å²) in [6.07, 6.45) is 5.91. The first-order valence-corrected chi connectivity index (χ1v) is 11.2. The molecule has 0 spiro atoms. The number of hydrogen-bond acceptors (Lipinski definition) is 5. The fraction of sp³-hybridized carbons (Fsp3) is 0.520. The average molecular weight is 412 g/mol. The molecule has 1 aliphatic heterocycles. The lowest BCUT2D eigenvalue weighted by atomic mass is 9.75. The highest BCUT2D eigenvalue weighted by Gasteiger charge is 2.40. The molecule has 1 aromatic carbocycles. The number of para-hydroxylation sites is 1. The predicted molar refractivity (Wildman–Crippen MR) is 117 cm³/mol. The molecular weight excluding hydrogens is 378 g/mol. The lowest BCUT2D eigenvalue weighted by molar-refractivity contribution is -0.139. The molecule has 5 heteroatoms. The van der Waals surface area contributed by atoms with Gasteiger partial charge in [-0.1, -0.05) is 44.9 Å². The van der Waals surface area contributed by atoms with E-state index in [0.29, 0.717) is 30.8 Å². The Morgan fingerprint density at radius 2 is 1.83 bits per heavy atom. The molecule has 0 fully saturated rings. The van der Waals surface area contributed by atoms with Crippen molar-refractivity contribution in [3.05, 3.63) is 52.4 Å². The summed E-state index contributed by atoms with van der Waals surface area (Å²) < 4.78 is 11.7. The number of carbonyl (C=O) groups is 2. The topological polar surface area (TPSA) is 64.6 Å². The first-order valence-electron chi connectivity index (χ1n) is 11.2. The number of nitrogens with one attached hydrogen (secondary N) is 1. The molecule has 0 aromatic heterocycles. The maximum absolute atomic E-state index is 13.1. The van der Waals surface area contributed by atoms with Crippen molar-refractivity contribution in [2.75, 3.05) is 13.2 Å². The van der Waals surface area contributed by atoms with Crippen molar-refractivity contribution in [2.45, 2.75) is 71.6 Å². The number of ketones is 1. The Hall–Kier alpha value is -2.56. The molecule has 0 unspecified atom stereocenters. The highest BCUT2D eigenvalue weighted by atomic mass is 16.5. The van der Waals surface area contributed by atoms with Crippen molar-refractivity contribution >= 4 is 11.8 Å². The SMILES string of the molecule is CCCCOC(=O)C1=C(C)NC2=C(C(=O)CCC2)[C@@H]1c1ccccc1OCCCC. The molecule has 0 saturated carbocycles. The fourth-order valence-corrected chi connectivity index (χ4v) is 4.13. The Bertz CT molecular complexity index is 852. The molecule has 162 valence electrons. The Labute approximate surface area is 179 Å². The Morgan fingerprint density at radius 1 is 1.10 bits per heavy atom. The van der Waals surface area contributed by atoms with Crippen LogP contribution in [0.2, 0.25) is 0 Å². The van der Waals surface area contributed by atoms with Gasteiger partial charge in [0.15, 0.2) is 5.78 Å². The van der Waals surface area contributed by atoms with Crippen LogP contribution in [0, 0.1) is 0 Å². The zero-order valence-electron chi connectivity index (χ0n) is 18.4. The summed E-state index contributed by atoms with van der Waals surface area (Å²) in [5.74, 6) is 0.0194. The highest BCUT2D eigenvalue weighted by Crippen LogP contribution is 2.45. The molecule has 3 rings (SSSR count). The lowest BCUT2D eigenvalue weighted by Crippen LogP contribution is -2.34. The van der Waals surface area contributed by atoms with Crippen molar-refractivity contribution in [1.29, 1.82) is 0 Å². The minimum absolute atomic E-state index is 0.100. The van der Waals surface area contributed by atoms with E-state index in [-0.39, 0.29) is 11.8 Å². The summed E-state index contributed by atoms with van der Waals surface area (Å²) in [4.78, 5) is 26.1. The average Bonchev–Trinajstić information content (AvgIpc) is 2.73. The zero-order chi connectivity index (χ0) is 21.5. The smallest absolute Gasteiger partial charge is 0.336 e. The predicted octanol–water partition coefficient (Wildman–Crippen LogP) is 5.18. The summed E-state index contributed by atoms with van der Waals surface area (Å²) >= 11 is 0. The molecule has 0 radical (unpaired) electrons. The van der Waals surface area contributed by atoms with Gasteiger partial charge in [-0.15, -0.1) is 0 Å². The molecule has 5 nitrogen and oxygen atoms in total. The molecule has 0 bridgehead atoms. The van der Waals surface area contributed by atoms with Gasteiger partial charge in [0.05, 0.1) is 24.7 Å². The van der Waals surface area contributed by atoms with Crippen molar-refractivity contribution < 1.29 is 19.1 Å². The third kappa shape index (κ3) is 4.77. The van der Waals surface area contributed by atoms with Gasteiger partial charge in [0.25, 0.3) is 0 Å². The van der Waals surface area contributed by atoms with Crippen LogP contribution in [-0.2, 0) is 14.3 Å². The van der Waals surface area contributed by atoms with Crippen molar-refractivity contribution in [1.82, 2.24) is 5.32 Å². The number of dihydropyridines is 1. The summed E-state index contributed by atoms with van der Waals surface area (Å²) in [6.45, 7) is 7.07. The van der Waals surface area contributed by atoms with Gasteiger partial charge in [-0.3, -0.25) is 4.79 Å². The van der Waals surface area contributed by atoms with Gasteiger partial charge < -0.3 is 14.8 Å². The molecule has 30 heavy (non-hydrogen) atoms. The molecule has 2 aliphatic rings. The van der Waals surface area contributed by atoms with Crippen LogP contribution in [0.3, 0.4) is 0 Å². The van der Waals surface area contributed by atoms with Crippen LogP contribution >= 0.6 is 0 Å². The zero-order valence-corrected chi connectivity index (χ0v) is 18.4. The van der Waals surface area contributed by atoms with E-state index in [1.165, 1.54) is 0 Å². The van der Waals surface area contributed by atoms with Gasteiger partial charge in [-0.2, -0.15) is 0 Å². The minimum Gasteiger partial charge on any atom is -0.493 e. The third-order valence-corrected chi connectivity index (χ3v) is 5.71. The Balaban J connectivity index is 2.05. The van der Waals surface area contributed by atoms with Crippen LogP contribution in [-0.4, -0.2) is 25.0 Å². The molecule has 1 atom stereocenters.